The number of aryl methyl sites for hydroxylation is 1. The Hall–Kier alpha value is -3.30. The van der Waals surface area contributed by atoms with Crippen molar-refractivity contribution in [2.75, 3.05) is 32.7 Å². The zero-order valence-electron chi connectivity index (χ0n) is 21.7. The number of benzene rings is 2. The summed E-state index contributed by atoms with van der Waals surface area (Å²) in [6.07, 6.45) is 5.37. The maximum absolute atomic E-state index is 15.1. The highest BCUT2D eigenvalue weighted by Crippen LogP contribution is 2.30. The van der Waals surface area contributed by atoms with E-state index in [-0.39, 0.29) is 17.8 Å². The average Bonchev–Trinajstić information content (AvgIpc) is 3.66. The fourth-order valence-corrected chi connectivity index (χ4v) is 5.82. The molecule has 4 aromatic rings. The summed E-state index contributed by atoms with van der Waals surface area (Å²) in [4.78, 5) is 19.8. The van der Waals surface area contributed by atoms with E-state index in [1.165, 1.54) is 0 Å². The summed E-state index contributed by atoms with van der Waals surface area (Å²) in [6.45, 7) is 3.99. The molecule has 200 valence electrons. The van der Waals surface area contributed by atoms with E-state index in [9.17, 15) is 9.18 Å². The molecule has 2 N–H and O–H groups in total. The number of imidazole rings is 2. The number of likely N-dealkylation sites (tertiary alicyclic amines) is 1. The first-order valence-electron chi connectivity index (χ1n) is 13.6. The van der Waals surface area contributed by atoms with Crippen molar-refractivity contribution in [1.82, 2.24) is 29.5 Å². The molecular weight excluding hydrogens is 486 g/mol. The lowest BCUT2D eigenvalue weighted by atomic mass is 10.0. The van der Waals surface area contributed by atoms with Gasteiger partial charge in [0, 0.05) is 50.0 Å². The highest BCUT2D eigenvalue weighted by atomic mass is 19.1. The van der Waals surface area contributed by atoms with E-state index in [4.69, 9.17) is 4.98 Å². The largest absolute Gasteiger partial charge is 0.352 e. The van der Waals surface area contributed by atoms with Crippen LogP contribution in [0, 0.1) is 5.82 Å². The lowest BCUT2D eigenvalue weighted by Crippen LogP contribution is -2.36. The lowest BCUT2D eigenvalue weighted by Gasteiger charge is -2.28. The van der Waals surface area contributed by atoms with Crippen LogP contribution >= 0.6 is 0 Å². The van der Waals surface area contributed by atoms with E-state index in [0.717, 1.165) is 62.0 Å². The minimum atomic E-state index is -0.667. The van der Waals surface area contributed by atoms with Crippen LogP contribution in [0.5, 0.6) is 0 Å². The number of piperidine rings is 1. The Labute approximate surface area is 220 Å². The summed E-state index contributed by atoms with van der Waals surface area (Å²) in [5, 5.41) is 6.42. The van der Waals surface area contributed by atoms with Crippen molar-refractivity contribution in [2.24, 2.45) is 7.05 Å². The van der Waals surface area contributed by atoms with Crippen LogP contribution in [-0.4, -0.2) is 63.7 Å². The Morgan fingerprint density at radius 1 is 1.13 bits per heavy atom. The third-order valence-electron chi connectivity index (χ3n) is 8.03. The van der Waals surface area contributed by atoms with Crippen LogP contribution in [0.3, 0.4) is 0 Å². The van der Waals surface area contributed by atoms with Crippen molar-refractivity contribution in [2.45, 2.75) is 44.3 Å². The molecule has 0 spiro atoms. The second kappa shape index (κ2) is 10.5. The predicted molar refractivity (Wildman–Crippen MR) is 145 cm³/mol. The van der Waals surface area contributed by atoms with Gasteiger partial charge in [-0.1, -0.05) is 6.07 Å². The summed E-state index contributed by atoms with van der Waals surface area (Å²) < 4.78 is 32.2. The van der Waals surface area contributed by atoms with Crippen molar-refractivity contribution in [3.63, 3.8) is 0 Å². The number of hydrogen-bond acceptors (Lipinski definition) is 4. The van der Waals surface area contributed by atoms with Crippen molar-refractivity contribution in [1.29, 1.82) is 0 Å². The molecule has 2 aliphatic heterocycles. The molecule has 4 heterocycles. The van der Waals surface area contributed by atoms with Gasteiger partial charge in [0.05, 0.1) is 16.7 Å². The summed E-state index contributed by atoms with van der Waals surface area (Å²) in [6, 6.07) is 11.2. The first-order valence-corrected chi connectivity index (χ1v) is 13.6. The number of amides is 1. The third-order valence-corrected chi connectivity index (χ3v) is 8.03. The number of rotatable bonds is 7. The summed E-state index contributed by atoms with van der Waals surface area (Å²) in [5.41, 5.74) is 4.41. The number of aromatic nitrogens is 3. The van der Waals surface area contributed by atoms with Gasteiger partial charge in [-0.05, 0) is 81.1 Å². The summed E-state index contributed by atoms with van der Waals surface area (Å²) >= 11 is 0. The molecule has 9 heteroatoms. The molecular formula is C29H34F2N6O. The van der Waals surface area contributed by atoms with Gasteiger partial charge in [-0.3, -0.25) is 9.20 Å². The van der Waals surface area contributed by atoms with Crippen LogP contribution in [0.1, 0.15) is 54.1 Å². The SMILES string of the molecule is Cn1c2cc(C(=O)NCCCN3CCC(F)CC3)ccc2n2cc(-c3ccc(C4CCCN4)cc3F)nc12. The van der Waals surface area contributed by atoms with E-state index in [2.05, 4.69) is 15.5 Å². The van der Waals surface area contributed by atoms with Crippen LogP contribution in [0.25, 0.3) is 28.1 Å². The van der Waals surface area contributed by atoms with Gasteiger partial charge in [0.2, 0.25) is 5.78 Å². The Bertz CT molecular complexity index is 1460. The van der Waals surface area contributed by atoms with Crippen molar-refractivity contribution in [3.8, 4) is 11.3 Å². The van der Waals surface area contributed by atoms with Crippen molar-refractivity contribution in [3.05, 3.63) is 59.5 Å². The Morgan fingerprint density at radius 3 is 2.74 bits per heavy atom. The first-order chi connectivity index (χ1) is 18.5. The monoisotopic (exact) mass is 520 g/mol. The van der Waals surface area contributed by atoms with Crippen molar-refractivity contribution >= 4 is 22.7 Å². The van der Waals surface area contributed by atoms with Crippen molar-refractivity contribution < 1.29 is 13.6 Å². The molecule has 6 rings (SSSR count). The smallest absolute Gasteiger partial charge is 0.251 e. The maximum Gasteiger partial charge on any atom is 0.251 e. The van der Waals surface area contributed by atoms with Gasteiger partial charge >= 0.3 is 0 Å². The highest BCUT2D eigenvalue weighted by Gasteiger charge is 2.21. The number of hydrogen-bond donors (Lipinski definition) is 2. The topological polar surface area (TPSA) is 66.6 Å². The maximum atomic E-state index is 15.1. The normalized spacial score (nSPS) is 19.1. The Morgan fingerprint density at radius 2 is 1.97 bits per heavy atom. The fourth-order valence-electron chi connectivity index (χ4n) is 5.82. The van der Waals surface area contributed by atoms with Gasteiger partial charge in [-0.25, -0.2) is 13.8 Å². The zero-order valence-corrected chi connectivity index (χ0v) is 21.7. The predicted octanol–water partition coefficient (Wildman–Crippen LogP) is 4.61. The van der Waals surface area contributed by atoms with E-state index >= 15 is 4.39 Å². The average molecular weight is 521 g/mol. The Balaban J connectivity index is 1.15. The molecule has 38 heavy (non-hydrogen) atoms. The molecule has 2 saturated heterocycles. The lowest BCUT2D eigenvalue weighted by molar-refractivity contribution is 0.0950. The molecule has 0 saturated carbocycles. The van der Waals surface area contributed by atoms with Crippen LogP contribution in [0.4, 0.5) is 8.78 Å². The molecule has 2 aromatic carbocycles. The minimum absolute atomic E-state index is 0.118. The molecule has 1 amide bonds. The van der Waals surface area contributed by atoms with Crippen LogP contribution in [0.2, 0.25) is 0 Å². The van der Waals surface area contributed by atoms with E-state index in [0.29, 0.717) is 42.0 Å². The standard InChI is InChI=1S/C29H34F2N6O/c1-35-27-17-20(28(38)33-12-3-13-36-14-9-21(30)10-15-36)6-8-26(27)37-18-25(34-29(35)37)22-7-5-19(16-23(22)31)24-4-2-11-32-24/h5-8,16-18,21,24,32H,2-4,9-15H2,1H3,(H,33,38). The highest BCUT2D eigenvalue weighted by molar-refractivity contribution is 5.98. The van der Waals surface area contributed by atoms with Gasteiger partial charge < -0.3 is 20.1 Å². The number of carbonyl (C=O) groups excluding carboxylic acids is 1. The number of alkyl halides is 1. The minimum Gasteiger partial charge on any atom is -0.352 e. The van der Waals surface area contributed by atoms with E-state index < -0.39 is 6.17 Å². The fraction of sp³-hybridized carbons (Fsp3) is 0.448. The molecule has 1 atom stereocenters. The molecule has 0 aliphatic carbocycles. The molecule has 2 aromatic heterocycles. The van der Waals surface area contributed by atoms with Gasteiger partial charge in [0.25, 0.3) is 5.91 Å². The molecule has 2 fully saturated rings. The molecule has 2 aliphatic rings. The van der Waals surface area contributed by atoms with Gasteiger partial charge in [-0.2, -0.15) is 0 Å². The van der Waals surface area contributed by atoms with E-state index in [1.54, 1.807) is 6.07 Å². The third kappa shape index (κ3) is 4.80. The number of fused-ring (bicyclic) bond motifs is 3. The first kappa shape index (κ1) is 25.0. The number of nitrogens with zero attached hydrogens (tertiary/aromatic N) is 4. The Kier molecular flexibility index (Phi) is 6.88. The number of carbonyl (C=O) groups is 1. The van der Waals surface area contributed by atoms with E-state index in [1.807, 2.05) is 52.5 Å². The summed E-state index contributed by atoms with van der Waals surface area (Å²) in [5.74, 6) is 0.299. The van der Waals surface area contributed by atoms with Gasteiger partial charge in [0.1, 0.15) is 12.0 Å². The molecule has 0 bridgehead atoms. The van der Waals surface area contributed by atoms with Gasteiger partial charge in [-0.15, -0.1) is 0 Å². The second-order valence-electron chi connectivity index (χ2n) is 10.6. The molecule has 7 nitrogen and oxygen atoms in total. The van der Waals surface area contributed by atoms with Crippen LogP contribution in [-0.2, 0) is 7.05 Å². The number of nitrogens with one attached hydrogen (secondary N) is 2. The van der Waals surface area contributed by atoms with Crippen LogP contribution in [0.15, 0.2) is 42.6 Å². The zero-order chi connectivity index (χ0) is 26.2. The quantitative estimate of drug-likeness (QED) is 0.350. The number of halogens is 2. The molecule has 0 radical (unpaired) electrons. The molecule has 1 unspecified atom stereocenters. The van der Waals surface area contributed by atoms with Gasteiger partial charge in [0.15, 0.2) is 0 Å². The van der Waals surface area contributed by atoms with Crippen LogP contribution < -0.4 is 10.6 Å². The second-order valence-corrected chi connectivity index (χ2v) is 10.6. The summed E-state index contributed by atoms with van der Waals surface area (Å²) in [7, 11) is 1.90.